The van der Waals surface area contributed by atoms with Gasteiger partial charge in [0, 0.05) is 5.02 Å². The second kappa shape index (κ2) is 5.55. The fraction of sp³-hybridized carbons (Fsp3) is 0.300. The fourth-order valence-electron chi connectivity index (χ4n) is 1.40. The van der Waals surface area contributed by atoms with E-state index >= 15 is 0 Å². The number of ether oxygens (including phenoxy) is 1. The summed E-state index contributed by atoms with van der Waals surface area (Å²) in [5.74, 6) is -2.18. The second-order valence-corrected chi connectivity index (χ2v) is 5.85. The van der Waals surface area contributed by atoms with Crippen LogP contribution in [0.15, 0.2) is 17.0 Å². The summed E-state index contributed by atoms with van der Waals surface area (Å²) < 4.78 is 28.5. The Morgan fingerprint density at radius 2 is 2.06 bits per heavy atom. The molecule has 0 atom stereocenters. The van der Waals surface area contributed by atoms with E-state index in [9.17, 15) is 13.2 Å². The number of aliphatic hydroxyl groups excluding tert-OH is 1. The minimum Gasteiger partial charge on any atom is -0.494 e. The zero-order valence-corrected chi connectivity index (χ0v) is 11.0. The molecule has 6 nitrogen and oxygen atoms in total. The highest BCUT2D eigenvalue weighted by molar-refractivity contribution is 7.91. The number of carboxylic acids is 1. The Bertz CT molecular complexity index is 566. The van der Waals surface area contributed by atoms with Crippen molar-refractivity contribution in [2.24, 2.45) is 0 Å². The molecule has 0 radical (unpaired) electrons. The Kier molecular flexibility index (Phi) is 4.55. The van der Waals surface area contributed by atoms with Crippen LogP contribution in [0.25, 0.3) is 0 Å². The summed E-state index contributed by atoms with van der Waals surface area (Å²) in [6.45, 7) is -0.583. The van der Waals surface area contributed by atoms with Crippen LogP contribution in [0.2, 0.25) is 5.02 Å². The first-order valence-corrected chi connectivity index (χ1v) is 6.81. The normalized spacial score (nSPS) is 11.3. The molecule has 0 fully saturated rings. The first-order chi connectivity index (χ1) is 8.33. The summed E-state index contributed by atoms with van der Waals surface area (Å²) in [5, 5.41) is 17.6. The van der Waals surface area contributed by atoms with Crippen LogP contribution in [0.1, 0.15) is 10.4 Å². The van der Waals surface area contributed by atoms with Crippen molar-refractivity contribution in [1.29, 1.82) is 0 Å². The fourth-order valence-corrected chi connectivity index (χ4v) is 2.92. The van der Waals surface area contributed by atoms with Gasteiger partial charge in [0.15, 0.2) is 15.6 Å². The molecule has 2 N–H and O–H groups in total. The van der Waals surface area contributed by atoms with Crippen LogP contribution in [0.3, 0.4) is 0 Å². The summed E-state index contributed by atoms with van der Waals surface area (Å²) in [6.07, 6.45) is 0. The average molecular weight is 295 g/mol. The molecule has 0 saturated heterocycles. The highest BCUT2D eigenvalue weighted by Crippen LogP contribution is 2.32. The predicted molar refractivity (Wildman–Crippen MR) is 64.1 cm³/mol. The molecule has 1 aromatic carbocycles. The smallest absolute Gasteiger partial charge is 0.339 e. The van der Waals surface area contributed by atoms with Crippen molar-refractivity contribution >= 4 is 27.4 Å². The van der Waals surface area contributed by atoms with Crippen LogP contribution >= 0.6 is 11.6 Å². The van der Waals surface area contributed by atoms with Gasteiger partial charge in [-0.15, -0.1) is 0 Å². The third kappa shape index (κ3) is 2.92. The molecular formula is C10H11ClO6S. The van der Waals surface area contributed by atoms with Gasteiger partial charge >= 0.3 is 5.97 Å². The number of aromatic carboxylic acids is 1. The minimum atomic E-state index is -3.85. The molecule has 0 aliphatic carbocycles. The Morgan fingerprint density at radius 1 is 1.44 bits per heavy atom. The quantitative estimate of drug-likeness (QED) is 0.833. The first kappa shape index (κ1) is 14.7. The van der Waals surface area contributed by atoms with Crippen molar-refractivity contribution in [2.45, 2.75) is 4.90 Å². The summed E-state index contributed by atoms with van der Waals surface area (Å²) in [6, 6.07) is 2.19. The summed E-state index contributed by atoms with van der Waals surface area (Å²) in [4.78, 5) is 10.6. The van der Waals surface area contributed by atoms with E-state index in [1.807, 2.05) is 0 Å². The van der Waals surface area contributed by atoms with Crippen LogP contribution in [-0.2, 0) is 9.84 Å². The number of methoxy groups -OCH3 is 1. The maximum Gasteiger partial charge on any atom is 0.339 e. The number of carboxylic acid groups (broad SMARTS) is 1. The molecule has 0 saturated carbocycles. The van der Waals surface area contributed by atoms with Gasteiger partial charge in [-0.2, -0.15) is 0 Å². The highest BCUT2D eigenvalue weighted by Gasteiger charge is 2.25. The Balaban J connectivity index is 3.58. The predicted octanol–water partition coefficient (Wildman–Crippen LogP) is 0.813. The van der Waals surface area contributed by atoms with Gasteiger partial charge in [0.1, 0.15) is 10.5 Å². The van der Waals surface area contributed by atoms with Crippen LogP contribution < -0.4 is 4.74 Å². The van der Waals surface area contributed by atoms with E-state index in [1.165, 1.54) is 0 Å². The van der Waals surface area contributed by atoms with E-state index in [4.69, 9.17) is 26.6 Å². The van der Waals surface area contributed by atoms with Crippen molar-refractivity contribution in [3.05, 3.63) is 22.7 Å². The number of benzene rings is 1. The molecule has 0 bridgehead atoms. The van der Waals surface area contributed by atoms with E-state index in [0.29, 0.717) is 0 Å². The van der Waals surface area contributed by atoms with Gasteiger partial charge in [-0.3, -0.25) is 0 Å². The molecule has 100 valence electrons. The second-order valence-electron chi connectivity index (χ2n) is 3.33. The number of sulfone groups is 1. The molecular weight excluding hydrogens is 284 g/mol. The Morgan fingerprint density at radius 3 is 2.50 bits per heavy atom. The maximum atomic E-state index is 11.8. The standard InChI is InChI=1S/C10H11ClO6S/c1-17-9-7(10(13)14)4-6(11)5-8(9)18(15,16)3-2-12/h4-5,12H,2-3H2,1H3,(H,13,14). The molecule has 1 aromatic rings. The Hall–Kier alpha value is -1.31. The number of carbonyl (C=O) groups is 1. The molecule has 1 rings (SSSR count). The largest absolute Gasteiger partial charge is 0.494 e. The molecule has 0 heterocycles. The van der Waals surface area contributed by atoms with Gasteiger partial charge < -0.3 is 14.9 Å². The third-order valence-electron chi connectivity index (χ3n) is 2.15. The van der Waals surface area contributed by atoms with Crippen molar-refractivity contribution in [2.75, 3.05) is 19.5 Å². The molecule has 0 aliphatic rings. The molecule has 0 aromatic heterocycles. The number of hydrogen-bond donors (Lipinski definition) is 2. The summed E-state index contributed by atoms with van der Waals surface area (Å²) in [7, 11) is -2.69. The number of rotatable bonds is 5. The van der Waals surface area contributed by atoms with E-state index in [2.05, 4.69) is 0 Å². The van der Waals surface area contributed by atoms with E-state index < -0.39 is 28.2 Å². The van der Waals surface area contributed by atoms with Gasteiger partial charge in [-0.1, -0.05) is 11.6 Å². The van der Waals surface area contributed by atoms with E-state index in [-0.39, 0.29) is 21.2 Å². The zero-order valence-electron chi connectivity index (χ0n) is 9.38. The maximum absolute atomic E-state index is 11.8. The number of hydrogen-bond acceptors (Lipinski definition) is 5. The third-order valence-corrected chi connectivity index (χ3v) is 4.06. The lowest BCUT2D eigenvalue weighted by molar-refractivity contribution is 0.0693. The van der Waals surface area contributed by atoms with E-state index in [1.54, 1.807) is 0 Å². The lowest BCUT2D eigenvalue weighted by atomic mass is 10.2. The van der Waals surface area contributed by atoms with Gasteiger partial charge in [-0.25, -0.2) is 13.2 Å². The highest BCUT2D eigenvalue weighted by atomic mass is 35.5. The molecule has 0 aliphatic heterocycles. The van der Waals surface area contributed by atoms with Gasteiger partial charge in [-0.05, 0) is 12.1 Å². The number of aliphatic hydroxyl groups is 1. The van der Waals surface area contributed by atoms with Crippen molar-refractivity contribution in [1.82, 2.24) is 0 Å². The summed E-state index contributed by atoms with van der Waals surface area (Å²) in [5.41, 5.74) is -0.346. The van der Waals surface area contributed by atoms with Crippen LogP contribution in [0.4, 0.5) is 0 Å². The summed E-state index contributed by atoms with van der Waals surface area (Å²) >= 11 is 5.68. The van der Waals surface area contributed by atoms with Gasteiger partial charge in [0.05, 0.1) is 19.5 Å². The first-order valence-electron chi connectivity index (χ1n) is 4.78. The Labute approximate surface area is 109 Å². The molecule has 18 heavy (non-hydrogen) atoms. The van der Waals surface area contributed by atoms with Gasteiger partial charge in [0.25, 0.3) is 0 Å². The molecule has 0 amide bonds. The molecule has 0 unspecified atom stereocenters. The SMILES string of the molecule is COc1c(C(=O)O)cc(Cl)cc1S(=O)(=O)CCO. The topological polar surface area (TPSA) is 101 Å². The van der Waals surface area contributed by atoms with Gasteiger partial charge in [0.2, 0.25) is 0 Å². The molecule has 8 heteroatoms. The lowest BCUT2D eigenvalue weighted by Gasteiger charge is -2.12. The molecule has 0 spiro atoms. The zero-order chi connectivity index (χ0) is 13.9. The van der Waals surface area contributed by atoms with Crippen LogP contribution in [0.5, 0.6) is 5.75 Å². The van der Waals surface area contributed by atoms with Crippen molar-refractivity contribution in [3.63, 3.8) is 0 Å². The van der Waals surface area contributed by atoms with Crippen molar-refractivity contribution in [3.8, 4) is 5.75 Å². The average Bonchev–Trinajstić information content (AvgIpc) is 2.27. The van der Waals surface area contributed by atoms with E-state index in [0.717, 1.165) is 19.2 Å². The number of halogens is 1. The van der Waals surface area contributed by atoms with Crippen LogP contribution in [-0.4, -0.2) is 44.1 Å². The lowest BCUT2D eigenvalue weighted by Crippen LogP contribution is -2.13. The van der Waals surface area contributed by atoms with Crippen LogP contribution in [0, 0.1) is 0 Å². The monoisotopic (exact) mass is 294 g/mol. The van der Waals surface area contributed by atoms with Crippen molar-refractivity contribution < 1.29 is 28.2 Å². The minimum absolute atomic E-state index is 0.0373.